The first-order valence-electron chi connectivity index (χ1n) is 5.43. The van der Waals surface area contributed by atoms with Gasteiger partial charge in [0.05, 0.1) is 18.1 Å². The van der Waals surface area contributed by atoms with Gasteiger partial charge in [-0.2, -0.15) is 0 Å². The second kappa shape index (κ2) is 7.78. The zero-order valence-corrected chi connectivity index (χ0v) is 11.2. The van der Waals surface area contributed by atoms with Crippen molar-refractivity contribution in [2.75, 3.05) is 13.7 Å². The standard InChI is InChI=1S/C11H16N2O5.ClH/c1-18-10-6-7(13(16)17)5-8(11(10)15)9(12)3-2-4-14;/h5-6,9,14-15H,2-4,12H2,1H3;1H/t9-;/m1./s1. The number of non-ortho nitro benzene ring substituents is 1. The molecule has 1 aromatic carbocycles. The Morgan fingerprint density at radius 3 is 2.63 bits per heavy atom. The lowest BCUT2D eigenvalue weighted by molar-refractivity contribution is -0.385. The van der Waals surface area contributed by atoms with Crippen LogP contribution in [0.2, 0.25) is 0 Å². The number of nitro groups is 1. The van der Waals surface area contributed by atoms with Crippen molar-refractivity contribution >= 4 is 18.1 Å². The Labute approximate surface area is 116 Å². The Morgan fingerprint density at radius 2 is 2.16 bits per heavy atom. The van der Waals surface area contributed by atoms with Gasteiger partial charge in [0, 0.05) is 24.3 Å². The number of nitrogens with two attached hydrogens (primary N) is 1. The van der Waals surface area contributed by atoms with Gasteiger partial charge in [-0.1, -0.05) is 0 Å². The number of benzene rings is 1. The lowest BCUT2D eigenvalue weighted by atomic mass is 10.0. The summed E-state index contributed by atoms with van der Waals surface area (Å²) in [6.07, 6.45) is 0.861. The quantitative estimate of drug-likeness (QED) is 0.540. The highest BCUT2D eigenvalue weighted by Crippen LogP contribution is 2.38. The zero-order valence-electron chi connectivity index (χ0n) is 10.4. The van der Waals surface area contributed by atoms with E-state index in [1.807, 2.05) is 0 Å². The van der Waals surface area contributed by atoms with Crippen molar-refractivity contribution in [3.63, 3.8) is 0 Å². The number of nitro benzene ring substituents is 1. The minimum Gasteiger partial charge on any atom is -0.504 e. The molecular weight excluding hydrogens is 276 g/mol. The van der Waals surface area contributed by atoms with Gasteiger partial charge in [-0.15, -0.1) is 12.4 Å². The van der Waals surface area contributed by atoms with Crippen molar-refractivity contribution in [2.45, 2.75) is 18.9 Å². The number of phenolic OH excluding ortho intramolecular Hbond substituents is 1. The molecule has 0 heterocycles. The number of aliphatic hydroxyl groups excluding tert-OH is 1. The maximum Gasteiger partial charge on any atom is 0.273 e. The molecule has 0 spiro atoms. The highest BCUT2D eigenvalue weighted by Gasteiger charge is 2.20. The molecule has 0 unspecified atom stereocenters. The van der Waals surface area contributed by atoms with Gasteiger partial charge in [0.1, 0.15) is 0 Å². The van der Waals surface area contributed by atoms with Gasteiger partial charge in [0.2, 0.25) is 0 Å². The number of methoxy groups -OCH3 is 1. The molecule has 19 heavy (non-hydrogen) atoms. The van der Waals surface area contributed by atoms with Crippen LogP contribution in [0.3, 0.4) is 0 Å². The summed E-state index contributed by atoms with van der Waals surface area (Å²) >= 11 is 0. The number of phenols is 1. The van der Waals surface area contributed by atoms with Crippen LogP contribution in [-0.2, 0) is 0 Å². The van der Waals surface area contributed by atoms with E-state index in [1.54, 1.807) is 0 Å². The van der Waals surface area contributed by atoms with Gasteiger partial charge in [-0.05, 0) is 12.8 Å². The van der Waals surface area contributed by atoms with E-state index < -0.39 is 11.0 Å². The first kappa shape index (κ1) is 17.4. The SMILES string of the molecule is COc1cc([N+](=O)[O-])cc([C@H](N)CCCO)c1O.Cl. The van der Waals surface area contributed by atoms with Gasteiger partial charge in [0.15, 0.2) is 11.5 Å². The molecule has 0 aliphatic rings. The van der Waals surface area contributed by atoms with Gasteiger partial charge in [-0.25, -0.2) is 0 Å². The van der Waals surface area contributed by atoms with Gasteiger partial charge >= 0.3 is 0 Å². The highest BCUT2D eigenvalue weighted by atomic mass is 35.5. The summed E-state index contributed by atoms with van der Waals surface area (Å²) in [6, 6.07) is 1.77. The minimum absolute atomic E-state index is 0. The molecule has 0 radical (unpaired) electrons. The molecule has 8 heteroatoms. The van der Waals surface area contributed by atoms with E-state index >= 15 is 0 Å². The molecule has 4 N–H and O–H groups in total. The molecule has 0 fully saturated rings. The van der Waals surface area contributed by atoms with Crippen molar-refractivity contribution in [1.82, 2.24) is 0 Å². The number of aliphatic hydroxyl groups is 1. The second-order valence-corrected chi connectivity index (χ2v) is 3.82. The van der Waals surface area contributed by atoms with Crippen molar-refractivity contribution < 1.29 is 19.9 Å². The third kappa shape index (κ3) is 4.23. The molecule has 1 rings (SSSR count). The summed E-state index contributed by atoms with van der Waals surface area (Å²) in [7, 11) is 1.31. The summed E-state index contributed by atoms with van der Waals surface area (Å²) in [5, 5.41) is 29.4. The fourth-order valence-electron chi connectivity index (χ4n) is 1.62. The fourth-order valence-corrected chi connectivity index (χ4v) is 1.62. The molecule has 7 nitrogen and oxygen atoms in total. The molecule has 0 saturated carbocycles. The number of nitrogens with zero attached hydrogens (tertiary/aromatic N) is 1. The van der Waals surface area contributed by atoms with Crippen LogP contribution in [0.1, 0.15) is 24.4 Å². The van der Waals surface area contributed by atoms with Crippen LogP contribution in [0.25, 0.3) is 0 Å². The minimum atomic E-state index is -0.592. The molecule has 0 amide bonds. The number of hydrogen-bond donors (Lipinski definition) is 3. The second-order valence-electron chi connectivity index (χ2n) is 3.82. The Bertz CT molecular complexity index is 441. The summed E-state index contributed by atoms with van der Waals surface area (Å²) in [6.45, 7) is -0.0273. The van der Waals surface area contributed by atoms with E-state index in [-0.39, 0.29) is 41.8 Å². The van der Waals surface area contributed by atoms with Crippen LogP contribution >= 0.6 is 12.4 Å². The molecule has 1 aromatic rings. The average molecular weight is 293 g/mol. The summed E-state index contributed by atoms with van der Waals surface area (Å²) < 4.78 is 4.87. The Kier molecular flexibility index (Phi) is 7.13. The smallest absolute Gasteiger partial charge is 0.273 e. The molecule has 1 atom stereocenters. The number of hydrogen-bond acceptors (Lipinski definition) is 6. The normalized spacial score (nSPS) is 11.5. The molecule has 0 aliphatic carbocycles. The van der Waals surface area contributed by atoms with Crippen LogP contribution in [0.4, 0.5) is 5.69 Å². The molecule has 0 aliphatic heterocycles. The Morgan fingerprint density at radius 1 is 1.53 bits per heavy atom. The molecule has 108 valence electrons. The highest BCUT2D eigenvalue weighted by molar-refractivity contribution is 5.85. The number of aromatic hydroxyl groups is 1. The average Bonchev–Trinajstić information content (AvgIpc) is 2.35. The third-order valence-corrected chi connectivity index (χ3v) is 2.59. The number of halogens is 1. The maximum absolute atomic E-state index is 10.8. The van der Waals surface area contributed by atoms with Crippen LogP contribution in [-0.4, -0.2) is 28.9 Å². The lowest BCUT2D eigenvalue weighted by Gasteiger charge is -2.15. The maximum atomic E-state index is 10.8. The largest absolute Gasteiger partial charge is 0.504 e. The van der Waals surface area contributed by atoms with E-state index in [2.05, 4.69) is 0 Å². The van der Waals surface area contributed by atoms with Crippen LogP contribution in [0.15, 0.2) is 12.1 Å². The summed E-state index contributed by atoms with van der Waals surface area (Å²) in [5.74, 6) is -0.188. The fraction of sp³-hybridized carbons (Fsp3) is 0.455. The van der Waals surface area contributed by atoms with Gasteiger partial charge in [-0.3, -0.25) is 10.1 Å². The number of rotatable bonds is 6. The van der Waals surface area contributed by atoms with Crippen molar-refractivity contribution in [3.8, 4) is 11.5 Å². The molecule has 0 bridgehead atoms. The van der Waals surface area contributed by atoms with Crippen molar-refractivity contribution in [1.29, 1.82) is 0 Å². The molecular formula is C11H17ClN2O5. The van der Waals surface area contributed by atoms with E-state index in [9.17, 15) is 15.2 Å². The summed E-state index contributed by atoms with van der Waals surface area (Å²) in [4.78, 5) is 10.2. The van der Waals surface area contributed by atoms with E-state index in [4.69, 9.17) is 15.6 Å². The van der Waals surface area contributed by atoms with Crippen LogP contribution in [0, 0.1) is 10.1 Å². The Balaban J connectivity index is 0.00000324. The van der Waals surface area contributed by atoms with Gasteiger partial charge < -0.3 is 20.7 Å². The van der Waals surface area contributed by atoms with E-state index in [1.165, 1.54) is 13.2 Å². The zero-order chi connectivity index (χ0) is 13.7. The topological polar surface area (TPSA) is 119 Å². The first-order chi connectivity index (χ1) is 8.51. The lowest BCUT2D eigenvalue weighted by Crippen LogP contribution is -2.12. The van der Waals surface area contributed by atoms with E-state index in [0.717, 1.165) is 6.07 Å². The van der Waals surface area contributed by atoms with Crippen molar-refractivity contribution in [3.05, 3.63) is 27.8 Å². The predicted octanol–water partition coefficient (Wildman–Crippen LogP) is 1.50. The Hall–Kier alpha value is -1.57. The third-order valence-electron chi connectivity index (χ3n) is 2.59. The first-order valence-corrected chi connectivity index (χ1v) is 5.43. The monoisotopic (exact) mass is 292 g/mol. The van der Waals surface area contributed by atoms with Crippen LogP contribution in [0.5, 0.6) is 11.5 Å². The molecule has 0 saturated heterocycles. The predicted molar refractivity (Wildman–Crippen MR) is 71.8 cm³/mol. The summed E-state index contributed by atoms with van der Waals surface area (Å²) in [5.41, 5.74) is 5.87. The van der Waals surface area contributed by atoms with E-state index in [0.29, 0.717) is 12.8 Å². The number of ether oxygens (including phenoxy) is 1. The van der Waals surface area contributed by atoms with Crippen molar-refractivity contribution in [2.24, 2.45) is 5.73 Å². The van der Waals surface area contributed by atoms with Crippen LogP contribution < -0.4 is 10.5 Å². The van der Waals surface area contributed by atoms with Gasteiger partial charge in [0.25, 0.3) is 5.69 Å². The molecule has 0 aromatic heterocycles.